The quantitative estimate of drug-likeness (QED) is 0.603. The van der Waals surface area contributed by atoms with Crippen LogP contribution in [0.2, 0.25) is 0 Å². The Morgan fingerprint density at radius 2 is 2.24 bits per heavy atom. The maximum atomic E-state index is 12.3. The third-order valence-corrected chi connectivity index (χ3v) is 5.27. The summed E-state index contributed by atoms with van der Waals surface area (Å²) in [6.07, 6.45) is 6.73. The Labute approximate surface area is 172 Å². The summed E-state index contributed by atoms with van der Waals surface area (Å²) in [5.74, 6) is 1.20. The van der Waals surface area contributed by atoms with Gasteiger partial charge in [-0.25, -0.2) is 9.97 Å². The van der Waals surface area contributed by atoms with Crippen LogP contribution in [-0.4, -0.2) is 54.3 Å². The van der Waals surface area contributed by atoms with E-state index in [0.29, 0.717) is 12.5 Å². The number of anilines is 1. The fraction of sp³-hybridized carbons (Fsp3) is 0.409. The van der Waals surface area contributed by atoms with Crippen molar-refractivity contribution >= 4 is 17.9 Å². The highest BCUT2D eigenvalue weighted by Crippen LogP contribution is 2.36. The van der Waals surface area contributed by atoms with E-state index in [-0.39, 0.29) is 24.6 Å². The Hall–Kier alpha value is -2.93. The molecule has 0 radical (unpaired) electrons. The zero-order chi connectivity index (χ0) is 20.8. The first-order valence-corrected chi connectivity index (χ1v) is 9.80. The van der Waals surface area contributed by atoms with E-state index in [9.17, 15) is 4.79 Å². The van der Waals surface area contributed by atoms with Gasteiger partial charge >= 0.3 is 5.97 Å². The van der Waals surface area contributed by atoms with Crippen LogP contribution in [0.1, 0.15) is 36.9 Å². The summed E-state index contributed by atoms with van der Waals surface area (Å²) in [4.78, 5) is 25.6. The highest BCUT2D eigenvalue weighted by atomic mass is 16.5. The summed E-state index contributed by atoms with van der Waals surface area (Å²) in [6.45, 7) is 6.96. The van der Waals surface area contributed by atoms with Crippen LogP contribution >= 0.6 is 0 Å². The lowest BCUT2D eigenvalue weighted by molar-refractivity contribution is -0.145. The number of carbonyl (C=O) groups excluding carboxylic acids is 1. The molecule has 1 unspecified atom stereocenters. The van der Waals surface area contributed by atoms with Gasteiger partial charge in [0.2, 0.25) is 5.88 Å². The molecule has 7 heteroatoms. The lowest BCUT2D eigenvalue weighted by Gasteiger charge is -2.50. The van der Waals surface area contributed by atoms with Crippen molar-refractivity contribution in [2.45, 2.75) is 32.0 Å². The van der Waals surface area contributed by atoms with Crippen molar-refractivity contribution in [3.05, 3.63) is 54.4 Å². The summed E-state index contributed by atoms with van der Waals surface area (Å²) in [7, 11) is 3.61. The molecule has 3 rings (SSSR count). The molecule has 1 aliphatic heterocycles. The van der Waals surface area contributed by atoms with E-state index in [1.165, 1.54) is 0 Å². The van der Waals surface area contributed by atoms with E-state index < -0.39 is 0 Å². The minimum atomic E-state index is -0.216. The zero-order valence-corrected chi connectivity index (χ0v) is 17.2. The molecule has 2 aromatic heterocycles. The van der Waals surface area contributed by atoms with Gasteiger partial charge in [0, 0.05) is 43.7 Å². The molecule has 3 heterocycles. The minimum Gasteiger partial charge on any atom is -0.481 e. The molecule has 0 saturated carbocycles. The maximum Gasteiger partial charge on any atom is 0.307 e. The Morgan fingerprint density at radius 3 is 2.83 bits per heavy atom. The van der Waals surface area contributed by atoms with Crippen LogP contribution in [-0.2, 0) is 9.53 Å². The number of nitrogens with zero attached hydrogens (tertiary/aromatic N) is 4. The highest BCUT2D eigenvalue weighted by Gasteiger charge is 2.39. The second-order valence-electron chi connectivity index (χ2n) is 6.90. The Morgan fingerprint density at radius 1 is 1.41 bits per heavy atom. The first-order valence-electron chi connectivity index (χ1n) is 9.80. The molecule has 0 amide bonds. The highest BCUT2D eigenvalue weighted by molar-refractivity contribution is 5.70. The molecule has 7 nitrogen and oxygen atoms in total. The number of methoxy groups -OCH3 is 1. The largest absolute Gasteiger partial charge is 0.481 e. The summed E-state index contributed by atoms with van der Waals surface area (Å²) >= 11 is 0. The van der Waals surface area contributed by atoms with Crippen LogP contribution in [0, 0.1) is 0 Å². The van der Waals surface area contributed by atoms with Gasteiger partial charge in [0.05, 0.1) is 26.3 Å². The fourth-order valence-electron chi connectivity index (χ4n) is 3.69. The summed E-state index contributed by atoms with van der Waals surface area (Å²) in [6, 6.07) is 7.55. The van der Waals surface area contributed by atoms with Gasteiger partial charge in [-0.2, -0.15) is 0 Å². The lowest BCUT2D eigenvalue weighted by atomic mass is 9.97. The van der Waals surface area contributed by atoms with E-state index in [0.717, 1.165) is 29.9 Å². The van der Waals surface area contributed by atoms with Gasteiger partial charge in [0.1, 0.15) is 5.82 Å². The van der Waals surface area contributed by atoms with Crippen molar-refractivity contribution in [2.75, 3.05) is 32.2 Å². The maximum absolute atomic E-state index is 12.3. The zero-order valence-electron chi connectivity index (χ0n) is 17.2. The molecule has 1 saturated heterocycles. The molecule has 154 valence electrons. The summed E-state index contributed by atoms with van der Waals surface area (Å²) < 4.78 is 10.4. The first kappa shape index (κ1) is 20.8. The molecule has 1 aliphatic rings. The minimum absolute atomic E-state index is 0.116. The number of esters is 1. The van der Waals surface area contributed by atoms with Crippen LogP contribution in [0.25, 0.3) is 6.08 Å². The van der Waals surface area contributed by atoms with Crippen molar-refractivity contribution in [3.63, 3.8) is 0 Å². The van der Waals surface area contributed by atoms with Gasteiger partial charge < -0.3 is 14.4 Å². The average molecular weight is 396 g/mol. The van der Waals surface area contributed by atoms with Gasteiger partial charge in [0.25, 0.3) is 0 Å². The molecule has 0 spiro atoms. The molecule has 29 heavy (non-hydrogen) atoms. The van der Waals surface area contributed by atoms with Gasteiger partial charge in [-0.15, -0.1) is 0 Å². The van der Waals surface area contributed by atoms with Crippen molar-refractivity contribution in [3.8, 4) is 5.88 Å². The van der Waals surface area contributed by atoms with Gasteiger partial charge in [-0.1, -0.05) is 18.7 Å². The van der Waals surface area contributed by atoms with E-state index >= 15 is 0 Å². The topological polar surface area (TPSA) is 67.8 Å². The molecule has 1 fully saturated rings. The third-order valence-electron chi connectivity index (χ3n) is 5.27. The number of likely N-dealkylation sites (tertiary alicyclic amines) is 1. The van der Waals surface area contributed by atoms with E-state index in [1.807, 2.05) is 44.3 Å². The SMILES string of the molecule is C=Cc1cccnc1N(C)C1CCN1[C@@H](CC(=O)OCC)c1ccc(OC)nc1. The normalized spacial score (nSPS) is 17.1. The monoisotopic (exact) mass is 396 g/mol. The van der Waals surface area contributed by atoms with E-state index in [1.54, 1.807) is 19.5 Å². The standard InChI is InChI=1S/C22H28N4O3/c1-5-16-8-7-12-23-22(16)25(3)20-11-13-26(20)18(14-21(27)29-6-2)17-9-10-19(28-4)24-15-17/h5,7-10,12,15,18,20H,1,6,11,13-14H2,2-4H3/t18-,20?/m0/s1. The predicted octanol–water partition coefficient (Wildman–Crippen LogP) is 3.29. The van der Waals surface area contributed by atoms with Crippen LogP contribution in [0.4, 0.5) is 5.82 Å². The Kier molecular flexibility index (Phi) is 6.82. The number of hydrogen-bond acceptors (Lipinski definition) is 7. The molecule has 0 bridgehead atoms. The second kappa shape index (κ2) is 9.52. The summed E-state index contributed by atoms with van der Waals surface area (Å²) in [5, 5.41) is 0. The second-order valence-corrected chi connectivity index (χ2v) is 6.90. The van der Waals surface area contributed by atoms with E-state index in [2.05, 4.69) is 26.3 Å². The smallest absolute Gasteiger partial charge is 0.307 e. The molecule has 0 N–H and O–H groups in total. The molecule has 0 aromatic carbocycles. The van der Waals surface area contributed by atoms with Crippen LogP contribution in [0.5, 0.6) is 5.88 Å². The number of ether oxygens (including phenoxy) is 2. The van der Waals surface area contributed by atoms with Gasteiger partial charge in [-0.3, -0.25) is 9.69 Å². The third kappa shape index (κ3) is 4.56. The van der Waals surface area contributed by atoms with Gasteiger partial charge in [-0.05, 0) is 31.0 Å². The first-order chi connectivity index (χ1) is 14.1. The lowest BCUT2D eigenvalue weighted by Crippen LogP contribution is -2.58. The number of rotatable bonds is 9. The molecular formula is C22H28N4O3. The van der Waals surface area contributed by atoms with Crippen LogP contribution in [0.3, 0.4) is 0 Å². The average Bonchev–Trinajstić information content (AvgIpc) is 2.72. The fourth-order valence-corrected chi connectivity index (χ4v) is 3.69. The van der Waals surface area contributed by atoms with Crippen molar-refractivity contribution in [2.24, 2.45) is 0 Å². The Balaban J connectivity index is 1.86. The van der Waals surface area contributed by atoms with Crippen molar-refractivity contribution in [1.82, 2.24) is 14.9 Å². The predicted molar refractivity (Wildman–Crippen MR) is 113 cm³/mol. The number of hydrogen-bond donors (Lipinski definition) is 0. The molecular weight excluding hydrogens is 368 g/mol. The van der Waals surface area contributed by atoms with Crippen molar-refractivity contribution < 1.29 is 14.3 Å². The van der Waals surface area contributed by atoms with Crippen LogP contribution < -0.4 is 9.64 Å². The van der Waals surface area contributed by atoms with Crippen LogP contribution in [0.15, 0.2) is 43.2 Å². The molecule has 0 aliphatic carbocycles. The number of aromatic nitrogens is 2. The van der Waals surface area contributed by atoms with E-state index in [4.69, 9.17) is 9.47 Å². The molecule has 2 atom stereocenters. The molecule has 2 aromatic rings. The number of carbonyl (C=O) groups is 1. The van der Waals surface area contributed by atoms with Gasteiger partial charge in [0.15, 0.2) is 0 Å². The summed E-state index contributed by atoms with van der Waals surface area (Å²) in [5.41, 5.74) is 1.94. The Bertz CT molecular complexity index is 840. The number of pyridine rings is 2. The van der Waals surface area contributed by atoms with Crippen molar-refractivity contribution in [1.29, 1.82) is 0 Å².